The number of anilines is 2. The van der Waals surface area contributed by atoms with Crippen LogP contribution in [0.2, 0.25) is 0 Å². The summed E-state index contributed by atoms with van der Waals surface area (Å²) in [6, 6.07) is 21.2. The van der Waals surface area contributed by atoms with Crippen LogP contribution in [0.5, 0.6) is 0 Å². The molecule has 0 aliphatic carbocycles. The van der Waals surface area contributed by atoms with Crippen LogP contribution < -0.4 is 8.61 Å². The summed E-state index contributed by atoms with van der Waals surface area (Å²) < 4.78 is 4.72. The first-order valence-corrected chi connectivity index (χ1v) is 9.64. The predicted molar refractivity (Wildman–Crippen MR) is 104 cm³/mol. The van der Waals surface area contributed by atoms with Crippen molar-refractivity contribution < 1.29 is 0 Å². The highest BCUT2D eigenvalue weighted by molar-refractivity contribution is 8.04. The van der Waals surface area contributed by atoms with E-state index in [1.165, 1.54) is 11.4 Å². The second-order valence-electron chi connectivity index (χ2n) is 4.73. The summed E-state index contributed by atoms with van der Waals surface area (Å²) in [5, 5.41) is 0. The zero-order chi connectivity index (χ0) is 15.6. The van der Waals surface area contributed by atoms with E-state index in [2.05, 4.69) is 83.1 Å². The molecule has 0 saturated heterocycles. The van der Waals surface area contributed by atoms with Crippen molar-refractivity contribution in [3.05, 3.63) is 60.7 Å². The molecular formula is C18H24N2S2. The zero-order valence-corrected chi connectivity index (χ0v) is 14.9. The standard InChI is InChI=1S/C18H24N2S2/c1-3-19(17-11-7-5-8-12-17)21-15-16-22-20(4-2)18-13-9-6-10-14-18/h5-14H,3-4,15-16H2,1-2H3. The Labute approximate surface area is 143 Å². The second kappa shape index (κ2) is 9.70. The third-order valence-electron chi connectivity index (χ3n) is 3.24. The van der Waals surface area contributed by atoms with Gasteiger partial charge in [-0.15, -0.1) is 0 Å². The van der Waals surface area contributed by atoms with Gasteiger partial charge < -0.3 is 8.61 Å². The molecule has 4 heteroatoms. The molecule has 0 bridgehead atoms. The highest BCUT2D eigenvalue weighted by Crippen LogP contribution is 2.25. The monoisotopic (exact) mass is 332 g/mol. The lowest BCUT2D eigenvalue weighted by Gasteiger charge is -2.24. The van der Waals surface area contributed by atoms with E-state index in [4.69, 9.17) is 0 Å². The van der Waals surface area contributed by atoms with Crippen LogP contribution in [0, 0.1) is 0 Å². The Balaban J connectivity index is 1.78. The first-order chi connectivity index (χ1) is 10.8. The quantitative estimate of drug-likeness (QED) is 0.452. The average molecular weight is 333 g/mol. The summed E-state index contributed by atoms with van der Waals surface area (Å²) in [6.45, 7) is 6.45. The lowest BCUT2D eigenvalue weighted by molar-refractivity contribution is 1.10. The molecule has 0 radical (unpaired) electrons. The molecule has 0 saturated carbocycles. The Morgan fingerprint density at radius 1 is 0.636 bits per heavy atom. The molecule has 0 fully saturated rings. The van der Waals surface area contributed by atoms with Gasteiger partial charge in [0.25, 0.3) is 0 Å². The van der Waals surface area contributed by atoms with Gasteiger partial charge in [0.2, 0.25) is 0 Å². The number of benzene rings is 2. The van der Waals surface area contributed by atoms with Crippen LogP contribution in [0.3, 0.4) is 0 Å². The van der Waals surface area contributed by atoms with Crippen LogP contribution in [0.15, 0.2) is 60.7 Å². The molecule has 0 spiro atoms. The van der Waals surface area contributed by atoms with Crippen molar-refractivity contribution in [3.63, 3.8) is 0 Å². The van der Waals surface area contributed by atoms with E-state index in [0.29, 0.717) is 0 Å². The molecule has 0 aliphatic heterocycles. The molecule has 2 aromatic rings. The fraction of sp³-hybridized carbons (Fsp3) is 0.333. The molecular weight excluding hydrogens is 308 g/mol. The van der Waals surface area contributed by atoms with Gasteiger partial charge in [-0.3, -0.25) is 0 Å². The number of nitrogens with zero attached hydrogens (tertiary/aromatic N) is 2. The van der Waals surface area contributed by atoms with Crippen molar-refractivity contribution in [2.45, 2.75) is 13.8 Å². The van der Waals surface area contributed by atoms with E-state index >= 15 is 0 Å². The fourth-order valence-electron chi connectivity index (χ4n) is 2.18. The second-order valence-corrected chi connectivity index (χ2v) is 6.94. The fourth-order valence-corrected chi connectivity index (χ4v) is 4.12. The normalized spacial score (nSPS) is 10.5. The summed E-state index contributed by atoms with van der Waals surface area (Å²) in [5.41, 5.74) is 2.57. The Bertz CT molecular complexity index is 470. The molecule has 0 aromatic heterocycles. The lowest BCUT2D eigenvalue weighted by Crippen LogP contribution is -2.17. The van der Waals surface area contributed by atoms with Gasteiger partial charge >= 0.3 is 0 Å². The number of para-hydroxylation sites is 2. The molecule has 118 valence electrons. The van der Waals surface area contributed by atoms with E-state index in [1.54, 1.807) is 0 Å². The van der Waals surface area contributed by atoms with Gasteiger partial charge in [-0.25, -0.2) is 0 Å². The van der Waals surface area contributed by atoms with Crippen molar-refractivity contribution in [1.82, 2.24) is 0 Å². The van der Waals surface area contributed by atoms with Crippen molar-refractivity contribution in [3.8, 4) is 0 Å². The van der Waals surface area contributed by atoms with Crippen molar-refractivity contribution in [1.29, 1.82) is 0 Å². The van der Waals surface area contributed by atoms with E-state index in [-0.39, 0.29) is 0 Å². The Kier molecular flexibility index (Phi) is 7.54. The topological polar surface area (TPSA) is 6.48 Å². The summed E-state index contributed by atoms with van der Waals surface area (Å²) in [4.78, 5) is 0. The largest absolute Gasteiger partial charge is 0.316 e. The van der Waals surface area contributed by atoms with E-state index in [1.807, 2.05) is 23.9 Å². The Morgan fingerprint density at radius 3 is 1.32 bits per heavy atom. The van der Waals surface area contributed by atoms with Gasteiger partial charge in [-0.05, 0) is 62.0 Å². The first-order valence-electron chi connectivity index (χ1n) is 7.76. The Hall–Kier alpha value is -1.26. The van der Waals surface area contributed by atoms with Gasteiger partial charge in [-0.2, -0.15) is 0 Å². The number of hydrogen-bond donors (Lipinski definition) is 0. The molecule has 2 aromatic carbocycles. The summed E-state index contributed by atoms with van der Waals surface area (Å²) in [6.07, 6.45) is 0. The molecule has 0 N–H and O–H groups in total. The molecule has 0 atom stereocenters. The van der Waals surface area contributed by atoms with Crippen molar-refractivity contribution in [2.75, 3.05) is 33.2 Å². The van der Waals surface area contributed by atoms with Crippen LogP contribution in [0.25, 0.3) is 0 Å². The third kappa shape index (κ3) is 5.18. The van der Waals surface area contributed by atoms with Gasteiger partial charge in [0.1, 0.15) is 0 Å². The summed E-state index contributed by atoms with van der Waals surface area (Å²) in [5.74, 6) is 2.22. The minimum absolute atomic E-state index is 1.02. The van der Waals surface area contributed by atoms with Crippen LogP contribution in [-0.2, 0) is 0 Å². The summed E-state index contributed by atoms with van der Waals surface area (Å²) in [7, 11) is 0. The highest BCUT2D eigenvalue weighted by atomic mass is 32.2. The number of rotatable bonds is 9. The van der Waals surface area contributed by atoms with E-state index in [9.17, 15) is 0 Å². The molecule has 0 aliphatic rings. The molecule has 22 heavy (non-hydrogen) atoms. The first kappa shape index (κ1) is 17.1. The van der Waals surface area contributed by atoms with Gasteiger partial charge in [0.05, 0.1) is 0 Å². The molecule has 0 unspecified atom stereocenters. The maximum absolute atomic E-state index is 2.36. The van der Waals surface area contributed by atoms with Crippen LogP contribution >= 0.6 is 23.9 Å². The molecule has 2 nitrogen and oxygen atoms in total. The van der Waals surface area contributed by atoms with Gasteiger partial charge in [0, 0.05) is 36.0 Å². The van der Waals surface area contributed by atoms with Gasteiger partial charge in [-0.1, -0.05) is 36.4 Å². The third-order valence-corrected chi connectivity index (χ3v) is 5.83. The molecule has 0 amide bonds. The summed E-state index contributed by atoms with van der Waals surface area (Å²) >= 11 is 3.82. The van der Waals surface area contributed by atoms with E-state index < -0.39 is 0 Å². The Morgan fingerprint density at radius 2 is 1.00 bits per heavy atom. The minimum atomic E-state index is 1.02. The zero-order valence-electron chi connectivity index (χ0n) is 13.3. The molecule has 2 rings (SSSR count). The lowest BCUT2D eigenvalue weighted by atomic mass is 10.3. The van der Waals surface area contributed by atoms with Gasteiger partial charge in [0.15, 0.2) is 0 Å². The molecule has 0 heterocycles. The van der Waals surface area contributed by atoms with E-state index in [0.717, 1.165) is 24.6 Å². The maximum atomic E-state index is 2.36. The predicted octanol–water partition coefficient (Wildman–Crippen LogP) is 5.34. The smallest absolute Gasteiger partial charge is 0.0469 e. The SMILES string of the molecule is CCN(SCCSN(CC)c1ccccc1)c1ccccc1. The van der Waals surface area contributed by atoms with Crippen LogP contribution in [0.4, 0.5) is 11.4 Å². The van der Waals surface area contributed by atoms with Crippen molar-refractivity contribution >= 4 is 35.3 Å². The minimum Gasteiger partial charge on any atom is -0.316 e. The van der Waals surface area contributed by atoms with Crippen LogP contribution in [0.1, 0.15) is 13.8 Å². The highest BCUT2D eigenvalue weighted by Gasteiger charge is 2.07. The van der Waals surface area contributed by atoms with Crippen molar-refractivity contribution in [2.24, 2.45) is 0 Å². The average Bonchev–Trinajstić information content (AvgIpc) is 2.60. The maximum Gasteiger partial charge on any atom is 0.0469 e. The number of hydrogen-bond acceptors (Lipinski definition) is 4. The van der Waals surface area contributed by atoms with Crippen LogP contribution in [-0.4, -0.2) is 24.6 Å².